The van der Waals surface area contributed by atoms with Crippen LogP contribution in [0.3, 0.4) is 0 Å². The Bertz CT molecular complexity index is 280. The molecule has 0 aromatic carbocycles. The highest BCUT2D eigenvalue weighted by molar-refractivity contribution is 6.30. The van der Waals surface area contributed by atoms with E-state index >= 15 is 0 Å². The molecule has 0 spiro atoms. The van der Waals surface area contributed by atoms with Gasteiger partial charge in [-0.3, -0.25) is 4.98 Å². The highest BCUT2D eigenvalue weighted by atomic mass is 35.5. The Labute approximate surface area is 68.8 Å². The van der Waals surface area contributed by atoms with Gasteiger partial charge in [0.15, 0.2) is 11.6 Å². The van der Waals surface area contributed by atoms with Crippen molar-refractivity contribution >= 4 is 19.4 Å². The molecule has 2 radical (unpaired) electrons. The summed E-state index contributed by atoms with van der Waals surface area (Å²) in [5.74, 6) is -1.75. The van der Waals surface area contributed by atoms with Crippen molar-refractivity contribution in [3.63, 3.8) is 0 Å². The van der Waals surface area contributed by atoms with Gasteiger partial charge in [-0.25, -0.2) is 8.78 Å². The van der Waals surface area contributed by atoms with Gasteiger partial charge < -0.3 is 0 Å². The number of rotatable bonds is 1. The average molecular weight is 173 g/mol. The van der Waals surface area contributed by atoms with Crippen LogP contribution in [0.15, 0.2) is 6.20 Å². The summed E-state index contributed by atoms with van der Waals surface area (Å²) in [4.78, 5) is 3.40. The summed E-state index contributed by atoms with van der Waals surface area (Å²) in [7, 11) is 5.09. The van der Waals surface area contributed by atoms with Crippen molar-refractivity contribution in [3.8, 4) is 0 Å². The molecule has 1 aromatic heterocycles. The molecule has 0 saturated heterocycles. The van der Waals surface area contributed by atoms with Crippen molar-refractivity contribution in [1.82, 2.24) is 4.98 Å². The molecule has 1 heterocycles. The minimum Gasteiger partial charge on any atom is -0.256 e. The zero-order valence-electron chi connectivity index (χ0n) is 5.44. The molecule has 0 aliphatic rings. The van der Waals surface area contributed by atoms with E-state index in [-0.39, 0.29) is 12.0 Å². The second kappa shape index (κ2) is 3.18. The van der Waals surface area contributed by atoms with Crippen molar-refractivity contribution in [2.75, 3.05) is 0 Å². The lowest BCUT2D eigenvalue weighted by atomic mass is 10.0. The van der Waals surface area contributed by atoms with Crippen molar-refractivity contribution in [2.45, 2.75) is 6.32 Å². The number of pyridine rings is 1. The fourth-order valence-corrected chi connectivity index (χ4v) is 0.780. The van der Waals surface area contributed by atoms with E-state index < -0.39 is 16.7 Å². The van der Waals surface area contributed by atoms with Crippen LogP contribution in [-0.4, -0.2) is 12.8 Å². The molecule has 0 aliphatic carbocycles. The van der Waals surface area contributed by atoms with Crippen LogP contribution in [0.5, 0.6) is 0 Å². The van der Waals surface area contributed by atoms with Crippen LogP contribution in [0.25, 0.3) is 0 Å². The first-order chi connectivity index (χ1) is 5.16. The first-order valence-electron chi connectivity index (χ1n) is 2.85. The maximum absolute atomic E-state index is 12.7. The highest BCUT2D eigenvalue weighted by Gasteiger charge is 2.10. The Hall–Kier alpha value is -0.635. The molecule has 1 nitrogen and oxygen atoms in total. The van der Waals surface area contributed by atoms with E-state index in [0.717, 1.165) is 6.20 Å². The third-order valence-electron chi connectivity index (χ3n) is 1.18. The highest BCUT2D eigenvalue weighted by Crippen LogP contribution is 2.19. The van der Waals surface area contributed by atoms with Crippen molar-refractivity contribution in [2.24, 2.45) is 0 Å². The predicted octanol–water partition coefficient (Wildman–Crippen LogP) is 1.68. The molecule has 0 aliphatic heterocycles. The van der Waals surface area contributed by atoms with Crippen LogP contribution in [0, 0.1) is 11.6 Å². The smallest absolute Gasteiger partial charge is 0.165 e. The molecule has 0 fully saturated rings. The SMILES string of the molecule is [B]Cc1ncc(F)c(Cl)c1F. The standard InChI is InChI=1S/C6H3BClF2N/c7-1-4-6(10)5(8)3(9)2-11-4/h2H,1H2. The summed E-state index contributed by atoms with van der Waals surface area (Å²) in [5.41, 5.74) is -0.0311. The minimum absolute atomic E-state index is 0.0311. The van der Waals surface area contributed by atoms with E-state index in [1.807, 2.05) is 0 Å². The monoisotopic (exact) mass is 173 g/mol. The van der Waals surface area contributed by atoms with E-state index in [1.165, 1.54) is 0 Å². The van der Waals surface area contributed by atoms with Crippen LogP contribution in [-0.2, 0) is 6.32 Å². The first kappa shape index (κ1) is 8.46. The number of aromatic nitrogens is 1. The maximum Gasteiger partial charge on any atom is 0.165 e. The predicted molar refractivity (Wildman–Crippen MR) is 38.6 cm³/mol. The first-order valence-corrected chi connectivity index (χ1v) is 3.23. The quantitative estimate of drug-likeness (QED) is 0.589. The van der Waals surface area contributed by atoms with Crippen LogP contribution in [0.1, 0.15) is 5.69 Å². The minimum atomic E-state index is -0.880. The molecule has 5 heteroatoms. The summed E-state index contributed by atoms with van der Waals surface area (Å²) >= 11 is 5.22. The molecule has 1 rings (SSSR count). The van der Waals surface area contributed by atoms with Gasteiger partial charge in [0.2, 0.25) is 0 Å². The molecule has 1 aromatic rings. The molecule has 0 saturated carbocycles. The molecule has 56 valence electrons. The molecule has 0 amide bonds. The van der Waals surface area contributed by atoms with Crippen LogP contribution in [0.4, 0.5) is 8.78 Å². The van der Waals surface area contributed by atoms with E-state index in [4.69, 9.17) is 19.4 Å². The van der Waals surface area contributed by atoms with Gasteiger partial charge in [0.25, 0.3) is 0 Å². The zero-order chi connectivity index (χ0) is 8.43. The lowest BCUT2D eigenvalue weighted by molar-refractivity contribution is 0.564. The number of hydrogen-bond acceptors (Lipinski definition) is 1. The number of hydrogen-bond donors (Lipinski definition) is 0. The van der Waals surface area contributed by atoms with E-state index in [1.54, 1.807) is 0 Å². The van der Waals surface area contributed by atoms with Gasteiger partial charge in [0, 0.05) is 0 Å². The van der Waals surface area contributed by atoms with Crippen LogP contribution < -0.4 is 0 Å². The number of halogens is 3. The second-order valence-electron chi connectivity index (χ2n) is 1.88. The molecule has 0 atom stereocenters. The summed E-state index contributed by atoms with van der Waals surface area (Å²) in [5, 5.41) is -0.555. The van der Waals surface area contributed by atoms with Gasteiger partial charge in [-0.05, 0) is 6.32 Å². The topological polar surface area (TPSA) is 12.9 Å². The Balaban J connectivity index is 3.25. The Kier molecular flexibility index (Phi) is 2.44. The van der Waals surface area contributed by atoms with Gasteiger partial charge in [-0.2, -0.15) is 0 Å². The number of nitrogens with zero attached hydrogens (tertiary/aromatic N) is 1. The molecule has 11 heavy (non-hydrogen) atoms. The van der Waals surface area contributed by atoms with Crippen LogP contribution in [0.2, 0.25) is 5.02 Å². The maximum atomic E-state index is 12.7. The van der Waals surface area contributed by atoms with Gasteiger partial charge in [0.05, 0.1) is 19.7 Å². The summed E-state index contributed by atoms with van der Waals surface area (Å²) in [6.45, 7) is 0. The van der Waals surface area contributed by atoms with Crippen molar-refractivity contribution in [1.29, 1.82) is 0 Å². The Morgan fingerprint density at radius 1 is 1.55 bits per heavy atom. The fourth-order valence-electron chi connectivity index (χ4n) is 0.622. The summed E-state index contributed by atoms with van der Waals surface area (Å²) in [6.07, 6.45) is 0.749. The second-order valence-corrected chi connectivity index (χ2v) is 2.26. The Morgan fingerprint density at radius 3 is 2.73 bits per heavy atom. The van der Waals surface area contributed by atoms with Crippen molar-refractivity contribution < 1.29 is 8.78 Å². The zero-order valence-corrected chi connectivity index (χ0v) is 6.20. The van der Waals surface area contributed by atoms with Crippen molar-refractivity contribution in [3.05, 3.63) is 28.5 Å². The molecule has 0 bridgehead atoms. The van der Waals surface area contributed by atoms with Gasteiger partial charge in [0.1, 0.15) is 5.02 Å². The average Bonchev–Trinajstić information content (AvgIpc) is 2.01. The normalized spacial score (nSPS) is 10.1. The molecule has 0 N–H and O–H groups in total. The lowest BCUT2D eigenvalue weighted by Crippen LogP contribution is -1.97. The van der Waals surface area contributed by atoms with E-state index in [9.17, 15) is 8.78 Å². The van der Waals surface area contributed by atoms with Gasteiger partial charge >= 0.3 is 0 Å². The third-order valence-corrected chi connectivity index (χ3v) is 1.53. The van der Waals surface area contributed by atoms with Crippen LogP contribution >= 0.6 is 11.6 Å². The molecule has 0 unspecified atom stereocenters. The molecular formula is C6H3BClF2N. The summed E-state index contributed by atoms with van der Waals surface area (Å²) < 4.78 is 25.2. The molecular weight excluding hydrogens is 170 g/mol. The van der Waals surface area contributed by atoms with E-state index in [2.05, 4.69) is 4.98 Å². The third kappa shape index (κ3) is 1.51. The Morgan fingerprint density at radius 2 is 2.18 bits per heavy atom. The van der Waals surface area contributed by atoms with Gasteiger partial charge in [-0.1, -0.05) is 11.6 Å². The lowest BCUT2D eigenvalue weighted by Gasteiger charge is -2.00. The fraction of sp³-hybridized carbons (Fsp3) is 0.167. The van der Waals surface area contributed by atoms with E-state index in [0.29, 0.717) is 0 Å². The summed E-state index contributed by atoms with van der Waals surface area (Å²) in [6, 6.07) is 0. The van der Waals surface area contributed by atoms with Gasteiger partial charge in [-0.15, -0.1) is 0 Å². The largest absolute Gasteiger partial charge is 0.256 e.